The summed E-state index contributed by atoms with van der Waals surface area (Å²) in [6.45, 7) is 13.2. The predicted octanol–water partition coefficient (Wildman–Crippen LogP) is -1.11. The molecule has 0 radical (unpaired) electrons. The number of likely N-dealkylation sites (tertiary alicyclic amines) is 1. The number of nitrogens with one attached hydrogen (secondary N) is 9. The molecule has 0 aliphatic carbocycles. The zero-order valence-corrected chi connectivity index (χ0v) is 46.8. The first-order valence-electron chi connectivity index (χ1n) is 26.3. The molecule has 10 amide bonds. The molecule has 2 heterocycles. The standard InChI is InChI=1S/C52H81N13O12S/c1-10-29(6)42(51(75)65-19-14-17-39(65)49(73)61-36(23-33-25-55-26-56-33)47(71)62-38(52(76)77)21-27(2)3)64-44(68)31(8)58-50(74)41(28(4)5)63-48(72)37(24-40(54)66)60-43(67)30(7)57-46(70)35(18-20-78-9)59-45(69)34(53)22-32-15-12-11-13-16-32/h11-13,15-16,25-31,34-39,41-42H,10,14,17-24,53H2,1-9H3,(H2,54,66)(H,55,56)(H,57,70)(H,58,74)(H,59,69)(H,60,67)(H,61,73)(H,62,71)(H,63,72)(H,64,68)(H,76,77)/t29-,30-,31-,34-,35-,36-,37-,38-,39-,41-,42-/m0/s1. The number of nitrogens with two attached hydrogens (primary N) is 2. The van der Waals surface area contributed by atoms with Crippen molar-refractivity contribution in [2.45, 2.75) is 167 Å². The molecule has 2 aromatic rings. The van der Waals surface area contributed by atoms with Gasteiger partial charge in [-0.3, -0.25) is 47.9 Å². The molecule has 0 spiro atoms. The molecule has 1 aromatic heterocycles. The fourth-order valence-corrected chi connectivity index (χ4v) is 8.96. The highest BCUT2D eigenvalue weighted by Gasteiger charge is 2.41. The number of aromatic nitrogens is 2. The van der Waals surface area contributed by atoms with Crippen molar-refractivity contribution in [3.63, 3.8) is 0 Å². The van der Waals surface area contributed by atoms with Crippen molar-refractivity contribution in [2.24, 2.45) is 29.2 Å². The summed E-state index contributed by atoms with van der Waals surface area (Å²) in [6.07, 6.45) is 5.50. The molecular weight excluding hydrogens is 1030 g/mol. The Labute approximate surface area is 459 Å². The normalized spacial score (nSPS) is 17.1. The third-order valence-corrected chi connectivity index (χ3v) is 13.9. The van der Waals surface area contributed by atoms with Gasteiger partial charge in [0.1, 0.15) is 54.4 Å². The lowest BCUT2D eigenvalue weighted by atomic mass is 9.96. The Morgan fingerprint density at radius 1 is 0.718 bits per heavy atom. The van der Waals surface area contributed by atoms with Crippen LogP contribution in [0.15, 0.2) is 42.9 Å². The number of nitrogens with zero attached hydrogens (tertiary/aromatic N) is 2. The molecule has 14 N–H and O–H groups in total. The van der Waals surface area contributed by atoms with Gasteiger partial charge in [0.25, 0.3) is 0 Å². The van der Waals surface area contributed by atoms with Gasteiger partial charge in [0.05, 0.1) is 18.8 Å². The first kappa shape index (κ1) is 65.2. The van der Waals surface area contributed by atoms with Crippen molar-refractivity contribution in [1.82, 2.24) is 57.4 Å². The molecule has 1 aliphatic heterocycles. The van der Waals surface area contributed by atoms with Crippen LogP contribution in [0.25, 0.3) is 0 Å². The highest BCUT2D eigenvalue weighted by molar-refractivity contribution is 7.98. The number of amides is 10. The van der Waals surface area contributed by atoms with E-state index in [1.807, 2.05) is 50.4 Å². The molecule has 1 saturated heterocycles. The van der Waals surface area contributed by atoms with E-state index in [1.54, 1.807) is 27.7 Å². The van der Waals surface area contributed by atoms with Crippen molar-refractivity contribution in [2.75, 3.05) is 18.6 Å². The minimum atomic E-state index is -1.62. The fourth-order valence-electron chi connectivity index (χ4n) is 8.49. The van der Waals surface area contributed by atoms with E-state index in [9.17, 15) is 57.8 Å². The van der Waals surface area contributed by atoms with Gasteiger partial charge in [-0.1, -0.05) is 78.3 Å². The third kappa shape index (κ3) is 20.7. The maximum absolute atomic E-state index is 14.4. The summed E-state index contributed by atoms with van der Waals surface area (Å²) in [7, 11) is 0. The average molecular weight is 1110 g/mol. The van der Waals surface area contributed by atoms with Gasteiger partial charge in [-0.2, -0.15) is 11.8 Å². The van der Waals surface area contributed by atoms with Crippen LogP contribution in [-0.2, 0) is 65.6 Å². The molecule has 1 fully saturated rings. The van der Waals surface area contributed by atoms with E-state index in [-0.39, 0.29) is 44.6 Å². The lowest BCUT2D eigenvalue weighted by molar-refractivity contribution is -0.144. The second kappa shape index (κ2) is 32.0. The number of carbonyl (C=O) groups is 11. The molecular formula is C52H81N13O12S. The molecule has 26 heteroatoms. The minimum Gasteiger partial charge on any atom is -0.480 e. The molecule has 0 unspecified atom stereocenters. The van der Waals surface area contributed by atoms with E-state index in [0.29, 0.717) is 24.3 Å². The maximum Gasteiger partial charge on any atom is 0.326 e. The van der Waals surface area contributed by atoms with E-state index < -0.39 is 144 Å². The maximum atomic E-state index is 14.4. The van der Waals surface area contributed by atoms with Gasteiger partial charge in [0, 0.05) is 24.9 Å². The van der Waals surface area contributed by atoms with Gasteiger partial charge >= 0.3 is 5.97 Å². The van der Waals surface area contributed by atoms with Gasteiger partial charge in [-0.25, -0.2) is 9.78 Å². The summed E-state index contributed by atoms with van der Waals surface area (Å²) in [5, 5.41) is 30.4. The van der Waals surface area contributed by atoms with Crippen LogP contribution in [0.5, 0.6) is 0 Å². The summed E-state index contributed by atoms with van der Waals surface area (Å²) in [4.78, 5) is 156. The third-order valence-electron chi connectivity index (χ3n) is 13.2. The SMILES string of the molecule is CC[C@H](C)[C@H](NC(=O)[C@H](C)NC(=O)[C@@H](NC(=O)[C@H](CC(N)=O)NC(=O)[C@H](C)NC(=O)[C@H](CCSC)NC(=O)[C@@H](N)Cc1ccccc1)C(C)C)C(=O)N1CCC[C@H]1C(=O)N[C@@H](Cc1cnc[nH]1)C(=O)N[C@@H](CC(C)C)C(=O)O. The Bertz CT molecular complexity index is 2380. The van der Waals surface area contributed by atoms with E-state index in [0.717, 1.165) is 5.56 Å². The van der Waals surface area contributed by atoms with Crippen molar-refractivity contribution >= 4 is 76.8 Å². The lowest BCUT2D eigenvalue weighted by Crippen LogP contribution is -2.61. The van der Waals surface area contributed by atoms with Crippen molar-refractivity contribution < 1.29 is 57.8 Å². The summed E-state index contributed by atoms with van der Waals surface area (Å²) in [6, 6.07) is -3.23. The molecule has 1 aliphatic rings. The number of carboxylic acids is 1. The Balaban J connectivity index is 1.70. The first-order chi connectivity index (χ1) is 36.8. The van der Waals surface area contributed by atoms with Crippen LogP contribution in [-0.4, -0.2) is 164 Å². The number of thioether (sulfide) groups is 1. The number of imidazole rings is 1. The van der Waals surface area contributed by atoms with Crippen LogP contribution < -0.4 is 54.0 Å². The first-order valence-corrected chi connectivity index (χ1v) is 27.7. The van der Waals surface area contributed by atoms with Crippen LogP contribution in [0.4, 0.5) is 0 Å². The number of H-pyrrole nitrogens is 1. The molecule has 1 aromatic carbocycles. The molecule has 432 valence electrons. The largest absolute Gasteiger partial charge is 0.480 e. The van der Waals surface area contributed by atoms with Crippen LogP contribution in [0.3, 0.4) is 0 Å². The van der Waals surface area contributed by atoms with E-state index >= 15 is 0 Å². The minimum absolute atomic E-state index is 0.0654. The number of aliphatic carboxylic acids is 1. The van der Waals surface area contributed by atoms with Crippen molar-refractivity contribution in [3.8, 4) is 0 Å². The van der Waals surface area contributed by atoms with Gasteiger partial charge in [0.2, 0.25) is 59.1 Å². The molecule has 11 atom stereocenters. The number of primary amides is 1. The second-order valence-electron chi connectivity index (χ2n) is 20.5. The number of aromatic amines is 1. The Morgan fingerprint density at radius 3 is 1.86 bits per heavy atom. The highest BCUT2D eigenvalue weighted by Crippen LogP contribution is 2.22. The number of carbonyl (C=O) groups excluding carboxylic acids is 10. The summed E-state index contributed by atoms with van der Waals surface area (Å²) < 4.78 is 0. The van der Waals surface area contributed by atoms with Crippen molar-refractivity contribution in [1.29, 1.82) is 0 Å². The zero-order valence-electron chi connectivity index (χ0n) is 46.0. The lowest BCUT2D eigenvalue weighted by Gasteiger charge is -2.33. The number of hydrogen-bond acceptors (Lipinski definition) is 14. The van der Waals surface area contributed by atoms with Crippen LogP contribution in [0, 0.1) is 17.8 Å². The molecule has 0 saturated carbocycles. The van der Waals surface area contributed by atoms with Gasteiger partial charge in [0.15, 0.2) is 0 Å². The molecule has 25 nitrogen and oxygen atoms in total. The summed E-state index contributed by atoms with van der Waals surface area (Å²) >= 11 is 1.43. The number of hydrogen-bond donors (Lipinski definition) is 12. The monoisotopic (exact) mass is 1110 g/mol. The van der Waals surface area contributed by atoms with Gasteiger partial charge in [-0.05, 0) is 81.3 Å². The Kier molecular flexibility index (Phi) is 26.7. The van der Waals surface area contributed by atoms with E-state index in [2.05, 4.69) is 52.5 Å². The number of benzene rings is 1. The summed E-state index contributed by atoms with van der Waals surface area (Å²) in [5.74, 6) is -9.69. The molecule has 3 rings (SSSR count). The topological polar surface area (TPSA) is 388 Å². The van der Waals surface area contributed by atoms with Crippen LogP contribution in [0.2, 0.25) is 0 Å². The van der Waals surface area contributed by atoms with E-state index in [1.165, 1.54) is 43.0 Å². The zero-order chi connectivity index (χ0) is 58.4. The second-order valence-corrected chi connectivity index (χ2v) is 21.5. The van der Waals surface area contributed by atoms with Gasteiger partial charge < -0.3 is 69.0 Å². The van der Waals surface area contributed by atoms with Crippen molar-refractivity contribution in [3.05, 3.63) is 54.1 Å². The summed E-state index contributed by atoms with van der Waals surface area (Å²) in [5.41, 5.74) is 12.9. The number of carboxylic acid groups (broad SMARTS) is 1. The van der Waals surface area contributed by atoms with Crippen LogP contribution in [0.1, 0.15) is 105 Å². The Morgan fingerprint density at radius 2 is 1.29 bits per heavy atom. The highest BCUT2D eigenvalue weighted by atomic mass is 32.2. The van der Waals surface area contributed by atoms with Gasteiger partial charge in [-0.15, -0.1) is 0 Å². The average Bonchev–Trinajstić information content (AvgIpc) is 4.10. The van der Waals surface area contributed by atoms with E-state index in [4.69, 9.17) is 11.5 Å². The fraction of sp³-hybridized carbons (Fsp3) is 0.615. The Hall–Kier alpha value is -7.09. The quantitative estimate of drug-likeness (QED) is 0.0414. The number of rotatable bonds is 32. The molecule has 0 bridgehead atoms. The molecule has 78 heavy (non-hydrogen) atoms. The smallest absolute Gasteiger partial charge is 0.326 e. The predicted molar refractivity (Wildman–Crippen MR) is 290 cm³/mol. The van der Waals surface area contributed by atoms with Crippen LogP contribution >= 0.6 is 11.8 Å².